The minimum atomic E-state index is -0.0461. The van der Waals surface area contributed by atoms with Gasteiger partial charge in [-0.05, 0) is 57.2 Å². The summed E-state index contributed by atoms with van der Waals surface area (Å²) in [5.41, 5.74) is 5.45. The summed E-state index contributed by atoms with van der Waals surface area (Å²) in [6, 6.07) is 13.3. The molecule has 0 atom stereocenters. The lowest BCUT2D eigenvalue weighted by atomic mass is 10.1. The summed E-state index contributed by atoms with van der Waals surface area (Å²) in [5.74, 6) is -0.0461. The third-order valence-electron chi connectivity index (χ3n) is 4.26. The second-order valence-electron chi connectivity index (χ2n) is 6.26. The fraction of sp³-hybridized carbons (Fsp3) is 0.250. The lowest BCUT2D eigenvalue weighted by molar-refractivity contribution is -0.120. The number of nitrogens with one attached hydrogen (secondary N) is 1. The molecule has 0 saturated heterocycles. The van der Waals surface area contributed by atoms with E-state index < -0.39 is 0 Å². The normalized spacial score (nSPS) is 10.8. The first-order valence-corrected chi connectivity index (χ1v) is 8.82. The van der Waals surface area contributed by atoms with Crippen LogP contribution in [-0.2, 0) is 17.8 Å². The SMILES string of the molecule is Cc1cccc(CNC(=O)Cc2c(C)nn(-c3ccc(Cl)cc3)c2C)n1. The smallest absolute Gasteiger partial charge is 0.224 e. The molecule has 0 aliphatic heterocycles. The van der Waals surface area contributed by atoms with E-state index in [0.717, 1.165) is 34.0 Å². The molecular weight excluding hydrogens is 348 g/mol. The number of carbonyl (C=O) groups excluding carboxylic acids is 1. The number of halogens is 1. The molecule has 0 fully saturated rings. The Hall–Kier alpha value is -2.66. The van der Waals surface area contributed by atoms with Crippen molar-refractivity contribution in [1.29, 1.82) is 0 Å². The molecule has 0 bridgehead atoms. The number of nitrogens with zero attached hydrogens (tertiary/aromatic N) is 3. The largest absolute Gasteiger partial charge is 0.350 e. The average Bonchev–Trinajstić information content (AvgIpc) is 2.89. The van der Waals surface area contributed by atoms with E-state index in [9.17, 15) is 4.79 Å². The van der Waals surface area contributed by atoms with Crippen LogP contribution in [0, 0.1) is 20.8 Å². The summed E-state index contributed by atoms with van der Waals surface area (Å²) in [6.45, 7) is 6.25. The van der Waals surface area contributed by atoms with Crippen LogP contribution in [0.25, 0.3) is 5.69 Å². The van der Waals surface area contributed by atoms with Gasteiger partial charge in [-0.2, -0.15) is 5.10 Å². The second kappa shape index (κ2) is 7.70. The third kappa shape index (κ3) is 4.11. The molecule has 134 valence electrons. The third-order valence-corrected chi connectivity index (χ3v) is 4.51. The van der Waals surface area contributed by atoms with Crippen molar-refractivity contribution >= 4 is 17.5 Å². The van der Waals surface area contributed by atoms with Crippen LogP contribution in [0.4, 0.5) is 0 Å². The van der Waals surface area contributed by atoms with E-state index in [1.807, 2.05) is 67.9 Å². The van der Waals surface area contributed by atoms with E-state index in [0.29, 0.717) is 11.6 Å². The minimum Gasteiger partial charge on any atom is -0.350 e. The van der Waals surface area contributed by atoms with Crippen molar-refractivity contribution in [3.63, 3.8) is 0 Å². The van der Waals surface area contributed by atoms with Crippen LogP contribution in [0.3, 0.4) is 0 Å². The molecule has 1 aromatic carbocycles. The van der Waals surface area contributed by atoms with Crippen molar-refractivity contribution < 1.29 is 4.79 Å². The van der Waals surface area contributed by atoms with Gasteiger partial charge >= 0.3 is 0 Å². The van der Waals surface area contributed by atoms with Crippen LogP contribution in [0.5, 0.6) is 0 Å². The Morgan fingerprint density at radius 2 is 1.85 bits per heavy atom. The molecule has 0 spiro atoms. The molecule has 1 N–H and O–H groups in total. The van der Waals surface area contributed by atoms with E-state index in [1.165, 1.54) is 0 Å². The standard InChI is InChI=1S/C20H21ClN4O/c1-13-5-4-6-17(23-13)12-22-20(26)11-19-14(2)24-25(15(19)3)18-9-7-16(21)8-10-18/h4-10H,11-12H2,1-3H3,(H,22,26). The topological polar surface area (TPSA) is 59.8 Å². The molecule has 2 aromatic heterocycles. The maximum atomic E-state index is 12.4. The van der Waals surface area contributed by atoms with E-state index >= 15 is 0 Å². The molecule has 0 unspecified atom stereocenters. The Kier molecular flexibility index (Phi) is 5.38. The Morgan fingerprint density at radius 1 is 1.12 bits per heavy atom. The van der Waals surface area contributed by atoms with Gasteiger partial charge in [-0.25, -0.2) is 4.68 Å². The lowest BCUT2D eigenvalue weighted by Gasteiger charge is -2.07. The molecule has 0 aliphatic carbocycles. The van der Waals surface area contributed by atoms with E-state index in [4.69, 9.17) is 11.6 Å². The second-order valence-corrected chi connectivity index (χ2v) is 6.70. The van der Waals surface area contributed by atoms with Crippen LogP contribution < -0.4 is 5.32 Å². The first-order valence-electron chi connectivity index (χ1n) is 8.44. The Bertz CT molecular complexity index is 931. The summed E-state index contributed by atoms with van der Waals surface area (Å²) in [7, 11) is 0. The van der Waals surface area contributed by atoms with Gasteiger partial charge in [0.05, 0.1) is 30.0 Å². The van der Waals surface area contributed by atoms with Gasteiger partial charge in [-0.15, -0.1) is 0 Å². The van der Waals surface area contributed by atoms with Crippen LogP contribution in [-0.4, -0.2) is 20.7 Å². The molecule has 3 aromatic rings. The highest BCUT2D eigenvalue weighted by Gasteiger charge is 2.16. The summed E-state index contributed by atoms with van der Waals surface area (Å²) in [4.78, 5) is 16.8. The number of amides is 1. The highest BCUT2D eigenvalue weighted by molar-refractivity contribution is 6.30. The number of hydrogen-bond acceptors (Lipinski definition) is 3. The lowest BCUT2D eigenvalue weighted by Crippen LogP contribution is -2.25. The molecule has 3 rings (SSSR count). The first kappa shape index (κ1) is 18.1. The van der Waals surface area contributed by atoms with Gasteiger partial charge < -0.3 is 5.32 Å². The van der Waals surface area contributed by atoms with Gasteiger partial charge in [-0.1, -0.05) is 17.7 Å². The average molecular weight is 369 g/mol. The molecule has 0 saturated carbocycles. The van der Waals surface area contributed by atoms with Gasteiger partial charge in [0.2, 0.25) is 5.91 Å². The van der Waals surface area contributed by atoms with Crippen molar-refractivity contribution in [3.05, 3.63) is 75.8 Å². The van der Waals surface area contributed by atoms with Crippen LogP contribution in [0.15, 0.2) is 42.5 Å². The zero-order valence-corrected chi connectivity index (χ0v) is 15.8. The Morgan fingerprint density at radius 3 is 2.54 bits per heavy atom. The summed E-state index contributed by atoms with van der Waals surface area (Å²) in [5, 5.41) is 8.18. The maximum Gasteiger partial charge on any atom is 0.224 e. The van der Waals surface area contributed by atoms with Crippen molar-refractivity contribution in [3.8, 4) is 5.69 Å². The zero-order chi connectivity index (χ0) is 18.7. The van der Waals surface area contributed by atoms with Crippen molar-refractivity contribution in [2.75, 3.05) is 0 Å². The van der Waals surface area contributed by atoms with E-state index in [2.05, 4.69) is 15.4 Å². The molecule has 0 aliphatic rings. The van der Waals surface area contributed by atoms with Crippen molar-refractivity contribution in [2.45, 2.75) is 33.7 Å². The predicted molar refractivity (Wildman–Crippen MR) is 103 cm³/mol. The summed E-state index contributed by atoms with van der Waals surface area (Å²) >= 11 is 5.95. The fourth-order valence-electron chi connectivity index (χ4n) is 2.87. The monoisotopic (exact) mass is 368 g/mol. The van der Waals surface area contributed by atoms with Gasteiger partial charge in [0.25, 0.3) is 0 Å². The van der Waals surface area contributed by atoms with E-state index in [1.54, 1.807) is 0 Å². The molecule has 26 heavy (non-hydrogen) atoms. The number of benzene rings is 1. The number of aryl methyl sites for hydroxylation is 2. The number of carbonyl (C=O) groups is 1. The molecule has 5 nitrogen and oxygen atoms in total. The predicted octanol–water partition coefficient (Wildman–Crippen LogP) is 3.70. The highest BCUT2D eigenvalue weighted by atomic mass is 35.5. The summed E-state index contributed by atoms with van der Waals surface area (Å²) in [6.07, 6.45) is 0.289. The quantitative estimate of drug-likeness (QED) is 0.746. The van der Waals surface area contributed by atoms with Gasteiger partial charge in [0.15, 0.2) is 0 Å². The van der Waals surface area contributed by atoms with Crippen LogP contribution >= 0.6 is 11.6 Å². The van der Waals surface area contributed by atoms with Crippen molar-refractivity contribution in [1.82, 2.24) is 20.1 Å². The fourth-order valence-corrected chi connectivity index (χ4v) is 3.00. The van der Waals surface area contributed by atoms with Gasteiger partial charge in [0, 0.05) is 22.0 Å². The maximum absolute atomic E-state index is 12.4. The van der Waals surface area contributed by atoms with Crippen LogP contribution in [0.1, 0.15) is 28.3 Å². The number of pyridine rings is 1. The number of rotatable bonds is 5. The Labute approximate surface area is 158 Å². The van der Waals surface area contributed by atoms with E-state index in [-0.39, 0.29) is 12.3 Å². The minimum absolute atomic E-state index is 0.0461. The highest BCUT2D eigenvalue weighted by Crippen LogP contribution is 2.20. The zero-order valence-electron chi connectivity index (χ0n) is 15.1. The van der Waals surface area contributed by atoms with Crippen molar-refractivity contribution in [2.24, 2.45) is 0 Å². The summed E-state index contributed by atoms with van der Waals surface area (Å²) < 4.78 is 1.84. The molecule has 2 heterocycles. The molecule has 6 heteroatoms. The van der Waals surface area contributed by atoms with Gasteiger partial charge in [-0.3, -0.25) is 9.78 Å². The van der Waals surface area contributed by atoms with Crippen LogP contribution in [0.2, 0.25) is 5.02 Å². The van der Waals surface area contributed by atoms with Gasteiger partial charge in [0.1, 0.15) is 0 Å². The molecular formula is C20H21ClN4O. The number of aromatic nitrogens is 3. The number of hydrogen-bond donors (Lipinski definition) is 1. The first-order chi connectivity index (χ1) is 12.4. The molecule has 1 amide bonds. The molecule has 0 radical (unpaired) electrons. The Balaban J connectivity index is 1.71.